The monoisotopic (exact) mass is 340 g/mol. The van der Waals surface area contributed by atoms with Crippen LogP contribution in [0.25, 0.3) is 0 Å². The van der Waals surface area contributed by atoms with Gasteiger partial charge < -0.3 is 20.7 Å². The molecule has 3 N–H and O–H groups in total. The molecule has 2 aromatic rings. The first kappa shape index (κ1) is 16.9. The second-order valence-corrected chi connectivity index (χ2v) is 5.83. The fourth-order valence-electron chi connectivity index (χ4n) is 2.42. The predicted octanol–water partition coefficient (Wildman–Crippen LogP) is 1.57. The summed E-state index contributed by atoms with van der Waals surface area (Å²) in [6.07, 6.45) is -0.217. The minimum atomic E-state index is -0.662. The molecule has 1 aromatic carbocycles. The molecule has 0 radical (unpaired) electrons. The molecule has 2 amide bonds. The lowest BCUT2D eigenvalue weighted by atomic mass is 10.1. The summed E-state index contributed by atoms with van der Waals surface area (Å²) in [7, 11) is 1.71. The summed E-state index contributed by atoms with van der Waals surface area (Å²) in [5.41, 5.74) is 1.49. The van der Waals surface area contributed by atoms with Crippen LogP contribution < -0.4 is 20.7 Å². The van der Waals surface area contributed by atoms with Crippen molar-refractivity contribution in [2.24, 2.45) is 0 Å². The predicted molar refractivity (Wildman–Crippen MR) is 94.6 cm³/mol. The number of hydrogen-bond donors (Lipinski definition) is 3. The molecule has 130 valence electrons. The molecule has 1 unspecified atom stereocenters. The van der Waals surface area contributed by atoms with E-state index in [0.29, 0.717) is 23.8 Å². The number of pyridine rings is 1. The number of benzene rings is 1. The standard InChI is InChI=1S/C18H20N4O3/c1-11(19-2)16(23)21-15-9-8-13-18(22-15)25-14(17(24)20-13)10-12-6-4-3-5-7-12/h3-9,11,14,19H,10H2,1-2H3,(H,20,24)(H,21,22,23)/t11?,14-/m0/s1. The minimum Gasteiger partial charge on any atom is -0.462 e. The van der Waals surface area contributed by atoms with Gasteiger partial charge in [0.25, 0.3) is 5.91 Å². The maximum Gasteiger partial charge on any atom is 0.266 e. The third kappa shape index (κ3) is 3.95. The number of fused-ring (bicyclic) bond motifs is 1. The van der Waals surface area contributed by atoms with Gasteiger partial charge in [0.1, 0.15) is 11.5 Å². The molecule has 7 heteroatoms. The van der Waals surface area contributed by atoms with Crippen LogP contribution >= 0.6 is 0 Å². The van der Waals surface area contributed by atoms with Gasteiger partial charge in [0.2, 0.25) is 11.8 Å². The molecular weight excluding hydrogens is 320 g/mol. The molecule has 7 nitrogen and oxygen atoms in total. The van der Waals surface area contributed by atoms with Crippen molar-refractivity contribution in [3.05, 3.63) is 48.0 Å². The maximum atomic E-state index is 12.2. The van der Waals surface area contributed by atoms with E-state index in [4.69, 9.17) is 4.74 Å². The maximum absolute atomic E-state index is 12.2. The highest BCUT2D eigenvalue weighted by atomic mass is 16.5. The molecule has 0 fully saturated rings. The summed E-state index contributed by atoms with van der Waals surface area (Å²) >= 11 is 0. The number of nitrogens with zero attached hydrogens (tertiary/aromatic N) is 1. The number of anilines is 2. The van der Waals surface area contributed by atoms with Gasteiger partial charge in [-0.05, 0) is 31.7 Å². The molecule has 3 rings (SSSR count). The lowest BCUT2D eigenvalue weighted by Gasteiger charge is -2.25. The summed E-state index contributed by atoms with van der Waals surface area (Å²) in [6, 6.07) is 12.6. The average Bonchev–Trinajstić information content (AvgIpc) is 2.62. The molecule has 2 heterocycles. The van der Waals surface area contributed by atoms with Crippen LogP contribution in [0, 0.1) is 0 Å². The summed E-state index contributed by atoms with van der Waals surface area (Å²) in [5.74, 6) is 0.269. The normalized spacial score (nSPS) is 17.0. The zero-order chi connectivity index (χ0) is 17.8. The number of rotatable bonds is 5. The SMILES string of the molecule is CNC(C)C(=O)Nc1ccc2c(n1)O[C@@H](Cc1ccccc1)C(=O)N2. The van der Waals surface area contributed by atoms with Gasteiger partial charge in [-0.2, -0.15) is 4.98 Å². The van der Waals surface area contributed by atoms with Gasteiger partial charge in [-0.1, -0.05) is 30.3 Å². The minimum absolute atomic E-state index is 0.198. The van der Waals surface area contributed by atoms with Crippen LogP contribution in [0.4, 0.5) is 11.5 Å². The third-order valence-electron chi connectivity index (χ3n) is 4.01. The Hall–Kier alpha value is -2.93. The van der Waals surface area contributed by atoms with E-state index < -0.39 is 6.10 Å². The van der Waals surface area contributed by atoms with E-state index in [2.05, 4.69) is 20.9 Å². The molecule has 0 aliphatic carbocycles. The smallest absolute Gasteiger partial charge is 0.266 e. The van der Waals surface area contributed by atoms with Crippen molar-refractivity contribution in [2.75, 3.05) is 17.7 Å². The fourth-order valence-corrected chi connectivity index (χ4v) is 2.42. The van der Waals surface area contributed by atoms with E-state index in [0.717, 1.165) is 5.56 Å². The summed E-state index contributed by atoms with van der Waals surface area (Å²) < 4.78 is 5.77. The second-order valence-electron chi connectivity index (χ2n) is 5.83. The van der Waals surface area contributed by atoms with E-state index in [1.165, 1.54) is 0 Å². The molecule has 1 aliphatic heterocycles. The van der Waals surface area contributed by atoms with Gasteiger partial charge in [-0.3, -0.25) is 9.59 Å². The number of aromatic nitrogens is 1. The fraction of sp³-hybridized carbons (Fsp3) is 0.278. The highest BCUT2D eigenvalue weighted by molar-refractivity contribution is 5.98. The van der Waals surface area contributed by atoms with Crippen LogP contribution in [0.3, 0.4) is 0 Å². The number of ether oxygens (including phenoxy) is 1. The first-order valence-electron chi connectivity index (χ1n) is 8.07. The van der Waals surface area contributed by atoms with Crippen LogP contribution in [-0.2, 0) is 16.0 Å². The summed E-state index contributed by atoms with van der Waals surface area (Å²) in [4.78, 5) is 28.5. The molecule has 0 saturated heterocycles. The van der Waals surface area contributed by atoms with Crippen molar-refractivity contribution in [1.82, 2.24) is 10.3 Å². The first-order chi connectivity index (χ1) is 12.1. The van der Waals surface area contributed by atoms with Gasteiger partial charge in [-0.25, -0.2) is 0 Å². The quantitative estimate of drug-likeness (QED) is 0.768. The van der Waals surface area contributed by atoms with Crippen molar-refractivity contribution in [3.8, 4) is 5.88 Å². The molecule has 0 bridgehead atoms. The number of amides is 2. The van der Waals surface area contributed by atoms with Crippen molar-refractivity contribution >= 4 is 23.3 Å². The molecular formula is C18H20N4O3. The number of likely N-dealkylation sites (N-methyl/N-ethyl adjacent to an activating group) is 1. The van der Waals surface area contributed by atoms with Crippen molar-refractivity contribution in [3.63, 3.8) is 0 Å². The van der Waals surface area contributed by atoms with E-state index in [1.54, 1.807) is 26.1 Å². The zero-order valence-corrected chi connectivity index (χ0v) is 14.1. The summed E-state index contributed by atoms with van der Waals surface area (Å²) in [5, 5.41) is 8.37. The van der Waals surface area contributed by atoms with E-state index in [-0.39, 0.29) is 17.9 Å². The number of carbonyl (C=O) groups is 2. The Balaban J connectivity index is 1.75. The highest BCUT2D eigenvalue weighted by Crippen LogP contribution is 2.29. The third-order valence-corrected chi connectivity index (χ3v) is 4.01. The lowest BCUT2D eigenvalue weighted by Crippen LogP contribution is -2.39. The van der Waals surface area contributed by atoms with Gasteiger partial charge >= 0.3 is 0 Å². The summed E-state index contributed by atoms with van der Waals surface area (Å²) in [6.45, 7) is 1.75. The number of carbonyl (C=O) groups excluding carboxylic acids is 2. The van der Waals surface area contributed by atoms with E-state index >= 15 is 0 Å². The molecule has 0 spiro atoms. The van der Waals surface area contributed by atoms with Crippen molar-refractivity contribution in [1.29, 1.82) is 0 Å². The molecule has 25 heavy (non-hydrogen) atoms. The Morgan fingerprint density at radius 1 is 1.28 bits per heavy atom. The Labute approximate surface area is 145 Å². The van der Waals surface area contributed by atoms with Gasteiger partial charge in [-0.15, -0.1) is 0 Å². The lowest BCUT2D eigenvalue weighted by molar-refractivity contribution is -0.123. The first-order valence-corrected chi connectivity index (χ1v) is 8.07. The Morgan fingerprint density at radius 2 is 2.04 bits per heavy atom. The Morgan fingerprint density at radius 3 is 2.76 bits per heavy atom. The number of hydrogen-bond acceptors (Lipinski definition) is 5. The molecule has 1 aromatic heterocycles. The van der Waals surface area contributed by atoms with Crippen LogP contribution in [0.2, 0.25) is 0 Å². The topological polar surface area (TPSA) is 92.3 Å². The zero-order valence-electron chi connectivity index (χ0n) is 14.1. The van der Waals surface area contributed by atoms with Crippen molar-refractivity contribution in [2.45, 2.75) is 25.5 Å². The van der Waals surface area contributed by atoms with Gasteiger partial charge in [0.15, 0.2) is 6.10 Å². The Kier molecular flexibility index (Phi) is 4.95. The average molecular weight is 340 g/mol. The van der Waals surface area contributed by atoms with Gasteiger partial charge in [0.05, 0.1) is 6.04 Å². The molecule has 2 atom stereocenters. The molecule has 1 aliphatic rings. The van der Waals surface area contributed by atoms with Crippen LogP contribution in [0.15, 0.2) is 42.5 Å². The number of nitrogens with one attached hydrogen (secondary N) is 3. The highest BCUT2D eigenvalue weighted by Gasteiger charge is 2.29. The van der Waals surface area contributed by atoms with Crippen molar-refractivity contribution < 1.29 is 14.3 Å². The van der Waals surface area contributed by atoms with Crippen LogP contribution in [0.1, 0.15) is 12.5 Å². The van der Waals surface area contributed by atoms with Gasteiger partial charge in [0, 0.05) is 6.42 Å². The Bertz CT molecular complexity index is 779. The largest absolute Gasteiger partial charge is 0.462 e. The molecule has 0 saturated carbocycles. The second kappa shape index (κ2) is 7.31. The van der Waals surface area contributed by atoms with Crippen LogP contribution in [-0.4, -0.2) is 36.0 Å². The van der Waals surface area contributed by atoms with E-state index in [9.17, 15) is 9.59 Å². The van der Waals surface area contributed by atoms with Crippen LogP contribution in [0.5, 0.6) is 5.88 Å². The van der Waals surface area contributed by atoms with E-state index in [1.807, 2.05) is 30.3 Å².